The maximum atomic E-state index is 9.81. The van der Waals surface area contributed by atoms with E-state index in [1.165, 1.54) is 0 Å². The van der Waals surface area contributed by atoms with Gasteiger partial charge in [-0.25, -0.2) is 4.98 Å². The Kier molecular flexibility index (Phi) is 5.02. The Balaban J connectivity index is 2.14. The summed E-state index contributed by atoms with van der Waals surface area (Å²) in [7, 11) is 1.65. The fourth-order valence-electron chi connectivity index (χ4n) is 3.22. The Hall–Kier alpha value is -2.38. The molecule has 3 rings (SSSR count). The molecule has 0 aromatic carbocycles. The van der Waals surface area contributed by atoms with E-state index in [2.05, 4.69) is 15.0 Å². The first-order chi connectivity index (χ1) is 12.3. The third kappa shape index (κ3) is 3.32. The van der Waals surface area contributed by atoms with Crippen molar-refractivity contribution in [3.8, 4) is 5.75 Å². The molecule has 1 unspecified atom stereocenters. The van der Waals surface area contributed by atoms with E-state index < -0.39 is 6.10 Å². The van der Waals surface area contributed by atoms with Crippen molar-refractivity contribution in [3.63, 3.8) is 0 Å². The number of hydrogen-bond acceptors (Lipinski definition) is 6. The number of nitrogen functional groups attached to an aromatic ring is 1. The quantitative estimate of drug-likeness (QED) is 0.665. The summed E-state index contributed by atoms with van der Waals surface area (Å²) in [6, 6.07) is 0. The molecule has 138 valence electrons. The average Bonchev–Trinajstić information content (AvgIpc) is 2.87. The van der Waals surface area contributed by atoms with E-state index in [1.807, 2.05) is 24.6 Å². The van der Waals surface area contributed by atoms with Gasteiger partial charge in [-0.1, -0.05) is 11.6 Å². The Bertz CT molecular complexity index is 968. The maximum Gasteiger partial charge on any atom is 0.223 e. The second-order valence-electron chi connectivity index (χ2n) is 6.45. The number of fused-ring (bicyclic) bond motifs is 1. The zero-order chi connectivity index (χ0) is 19.0. The molecule has 3 aromatic heterocycles. The summed E-state index contributed by atoms with van der Waals surface area (Å²) < 4.78 is 7.42. The SMILES string of the molecule is COc1c(C)cnc(Cn2cc(CC(C)O)c3c(Cl)nc(N)nc32)c1C. The number of nitrogens with zero attached hydrogens (tertiary/aromatic N) is 4. The number of ether oxygens (including phenoxy) is 1. The van der Waals surface area contributed by atoms with Crippen LogP contribution in [-0.2, 0) is 13.0 Å². The zero-order valence-corrected chi connectivity index (χ0v) is 16.0. The minimum absolute atomic E-state index is 0.108. The van der Waals surface area contributed by atoms with Gasteiger partial charge in [0.15, 0.2) is 0 Å². The molecule has 26 heavy (non-hydrogen) atoms. The van der Waals surface area contributed by atoms with Crippen LogP contribution < -0.4 is 10.5 Å². The molecule has 0 aliphatic heterocycles. The monoisotopic (exact) mass is 375 g/mol. The molecule has 0 spiro atoms. The highest BCUT2D eigenvalue weighted by molar-refractivity contribution is 6.34. The Morgan fingerprint density at radius 1 is 1.35 bits per heavy atom. The number of methoxy groups -OCH3 is 1. The molecule has 0 bridgehead atoms. The minimum atomic E-state index is -0.512. The number of hydrogen-bond donors (Lipinski definition) is 2. The smallest absolute Gasteiger partial charge is 0.223 e. The maximum absolute atomic E-state index is 9.81. The van der Waals surface area contributed by atoms with Crippen molar-refractivity contribution in [1.29, 1.82) is 0 Å². The van der Waals surface area contributed by atoms with E-state index in [4.69, 9.17) is 22.1 Å². The number of pyridine rings is 1. The molecule has 0 aliphatic carbocycles. The van der Waals surface area contributed by atoms with Gasteiger partial charge in [0.05, 0.1) is 30.8 Å². The summed E-state index contributed by atoms with van der Waals surface area (Å²) in [5.41, 5.74) is 10.1. The number of aliphatic hydroxyl groups excluding tert-OH is 1. The number of nitrogens with two attached hydrogens (primary N) is 1. The van der Waals surface area contributed by atoms with Gasteiger partial charge in [-0.15, -0.1) is 0 Å². The van der Waals surface area contributed by atoms with Crippen molar-refractivity contribution in [2.24, 2.45) is 0 Å². The van der Waals surface area contributed by atoms with E-state index in [0.29, 0.717) is 24.0 Å². The van der Waals surface area contributed by atoms with Crippen molar-refractivity contribution < 1.29 is 9.84 Å². The third-order valence-electron chi connectivity index (χ3n) is 4.35. The van der Waals surface area contributed by atoms with Gasteiger partial charge in [0, 0.05) is 29.9 Å². The highest BCUT2D eigenvalue weighted by Crippen LogP contribution is 2.30. The molecule has 7 nitrogen and oxygen atoms in total. The first-order valence-corrected chi connectivity index (χ1v) is 8.67. The highest BCUT2D eigenvalue weighted by Gasteiger charge is 2.18. The summed E-state index contributed by atoms with van der Waals surface area (Å²) in [6.45, 7) is 6.15. The number of rotatable bonds is 5. The van der Waals surface area contributed by atoms with Crippen LogP contribution in [0.4, 0.5) is 5.95 Å². The molecule has 1 atom stereocenters. The molecular weight excluding hydrogens is 354 g/mol. The number of aryl methyl sites for hydroxylation is 1. The lowest BCUT2D eigenvalue weighted by Crippen LogP contribution is -2.07. The second-order valence-corrected chi connectivity index (χ2v) is 6.81. The van der Waals surface area contributed by atoms with E-state index in [9.17, 15) is 5.11 Å². The molecule has 0 radical (unpaired) electrons. The molecule has 0 saturated heterocycles. The van der Waals surface area contributed by atoms with Gasteiger partial charge < -0.3 is 20.1 Å². The predicted octanol–water partition coefficient (Wildman–Crippen LogP) is 2.66. The van der Waals surface area contributed by atoms with Gasteiger partial charge in [-0.2, -0.15) is 4.98 Å². The van der Waals surface area contributed by atoms with Crippen LogP contribution in [0.1, 0.15) is 29.3 Å². The lowest BCUT2D eigenvalue weighted by atomic mass is 10.1. The van der Waals surface area contributed by atoms with Crippen LogP contribution in [0.2, 0.25) is 5.15 Å². The Morgan fingerprint density at radius 2 is 2.08 bits per heavy atom. The van der Waals surface area contributed by atoms with Gasteiger partial charge in [-0.3, -0.25) is 4.98 Å². The molecule has 8 heteroatoms. The third-order valence-corrected chi connectivity index (χ3v) is 4.63. The van der Waals surface area contributed by atoms with Crippen molar-refractivity contribution >= 4 is 28.6 Å². The van der Waals surface area contributed by atoms with Gasteiger partial charge in [0.25, 0.3) is 0 Å². The predicted molar refractivity (Wildman–Crippen MR) is 102 cm³/mol. The van der Waals surface area contributed by atoms with Gasteiger partial charge >= 0.3 is 0 Å². The van der Waals surface area contributed by atoms with Crippen LogP contribution in [0, 0.1) is 13.8 Å². The largest absolute Gasteiger partial charge is 0.496 e. The number of aliphatic hydroxyl groups is 1. The molecule has 3 N–H and O–H groups in total. The van der Waals surface area contributed by atoms with Crippen LogP contribution in [0.15, 0.2) is 12.4 Å². The second kappa shape index (κ2) is 7.09. The molecule has 0 amide bonds. The normalized spacial score (nSPS) is 12.5. The van der Waals surface area contributed by atoms with E-state index in [0.717, 1.165) is 28.1 Å². The standard InChI is InChI=1S/C18H22ClN5O2/c1-9-6-21-13(11(3)15(9)26-4)8-24-7-12(5-10(2)25)14-16(19)22-18(20)23-17(14)24/h6-7,10,25H,5,8H2,1-4H3,(H2,20,22,23). The highest BCUT2D eigenvalue weighted by atomic mass is 35.5. The summed E-state index contributed by atoms with van der Waals surface area (Å²) in [5.74, 6) is 0.930. The van der Waals surface area contributed by atoms with Crippen molar-refractivity contribution in [2.75, 3.05) is 12.8 Å². The number of anilines is 1. The van der Waals surface area contributed by atoms with E-state index in [1.54, 1.807) is 20.2 Å². The molecule has 0 aliphatic rings. The van der Waals surface area contributed by atoms with Crippen LogP contribution in [0.3, 0.4) is 0 Å². The van der Waals surface area contributed by atoms with Gasteiger partial charge in [0.1, 0.15) is 16.5 Å². The van der Waals surface area contributed by atoms with Crippen molar-refractivity contribution in [1.82, 2.24) is 19.5 Å². The molecule has 3 aromatic rings. The van der Waals surface area contributed by atoms with E-state index >= 15 is 0 Å². The molecule has 0 saturated carbocycles. The zero-order valence-electron chi connectivity index (χ0n) is 15.2. The van der Waals surface area contributed by atoms with Crippen molar-refractivity contribution in [2.45, 2.75) is 39.8 Å². The summed E-state index contributed by atoms with van der Waals surface area (Å²) in [6.07, 6.45) is 3.65. The van der Waals surface area contributed by atoms with E-state index in [-0.39, 0.29) is 11.1 Å². The average molecular weight is 376 g/mol. The van der Waals surface area contributed by atoms with Crippen LogP contribution in [0.25, 0.3) is 11.0 Å². The fourth-order valence-corrected chi connectivity index (χ4v) is 3.51. The molecule has 3 heterocycles. The Labute approximate surface area is 156 Å². The Morgan fingerprint density at radius 3 is 2.73 bits per heavy atom. The van der Waals surface area contributed by atoms with Crippen LogP contribution in [-0.4, -0.2) is 37.8 Å². The van der Waals surface area contributed by atoms with Crippen LogP contribution in [0.5, 0.6) is 5.75 Å². The van der Waals surface area contributed by atoms with Gasteiger partial charge in [-0.05, 0) is 26.3 Å². The molecular formula is C18H22ClN5O2. The van der Waals surface area contributed by atoms with Crippen LogP contribution >= 0.6 is 11.6 Å². The number of aromatic nitrogens is 4. The minimum Gasteiger partial charge on any atom is -0.496 e. The fraction of sp³-hybridized carbons (Fsp3) is 0.389. The first kappa shape index (κ1) is 18.4. The number of halogens is 1. The summed E-state index contributed by atoms with van der Waals surface area (Å²) >= 11 is 6.31. The lowest BCUT2D eigenvalue weighted by molar-refractivity contribution is 0.196. The summed E-state index contributed by atoms with van der Waals surface area (Å²) in [4.78, 5) is 12.9. The van der Waals surface area contributed by atoms with Gasteiger partial charge in [0.2, 0.25) is 5.95 Å². The lowest BCUT2D eigenvalue weighted by Gasteiger charge is -2.13. The summed E-state index contributed by atoms with van der Waals surface area (Å²) in [5, 5.41) is 10.8. The topological polar surface area (TPSA) is 99.1 Å². The first-order valence-electron chi connectivity index (χ1n) is 8.29. The molecule has 0 fully saturated rings. The van der Waals surface area contributed by atoms with Crippen molar-refractivity contribution in [3.05, 3.63) is 39.9 Å².